The van der Waals surface area contributed by atoms with Gasteiger partial charge in [-0.3, -0.25) is 28.8 Å². The van der Waals surface area contributed by atoms with Gasteiger partial charge < -0.3 is 5.73 Å². The number of aromatic nitrogens is 3. The lowest BCUT2D eigenvalue weighted by atomic mass is 10.2. The first-order valence-corrected chi connectivity index (χ1v) is 9.78. The molecule has 9 heteroatoms. The lowest BCUT2D eigenvalue weighted by molar-refractivity contribution is -0.684. The number of rotatable bonds is 7. The maximum atomic E-state index is 13.0. The van der Waals surface area contributed by atoms with Crippen LogP contribution in [0.15, 0.2) is 64.4 Å². The summed E-state index contributed by atoms with van der Waals surface area (Å²) < 4.78 is 2.79. The van der Waals surface area contributed by atoms with E-state index >= 15 is 0 Å². The largest absolute Gasteiger partial charge is 0.383 e. The number of aromatic amines is 1. The number of ketones is 1. The number of H-pyrrole nitrogens is 1. The molecule has 0 unspecified atom stereocenters. The molecule has 9 nitrogen and oxygen atoms in total. The predicted molar refractivity (Wildman–Crippen MR) is 116 cm³/mol. The number of nitrogens with two attached hydrogens (primary N) is 1. The zero-order valence-electron chi connectivity index (χ0n) is 17.4. The van der Waals surface area contributed by atoms with Crippen LogP contribution in [-0.4, -0.2) is 27.8 Å². The van der Waals surface area contributed by atoms with Crippen LogP contribution in [0.4, 0.5) is 11.5 Å². The van der Waals surface area contributed by atoms with Crippen LogP contribution in [0.5, 0.6) is 0 Å². The molecule has 0 atom stereocenters. The van der Waals surface area contributed by atoms with Crippen LogP contribution < -0.4 is 26.4 Å². The third kappa shape index (κ3) is 4.77. The zero-order chi connectivity index (χ0) is 22.5. The van der Waals surface area contributed by atoms with Crippen LogP contribution in [0.3, 0.4) is 0 Å². The highest BCUT2D eigenvalue weighted by Crippen LogP contribution is 2.17. The van der Waals surface area contributed by atoms with Gasteiger partial charge in [-0.15, -0.1) is 0 Å². The molecule has 3 rings (SSSR count). The Kier molecular flexibility index (Phi) is 6.44. The van der Waals surface area contributed by atoms with Gasteiger partial charge in [0.05, 0.1) is 12.1 Å². The van der Waals surface area contributed by atoms with Crippen molar-refractivity contribution >= 4 is 23.2 Å². The number of hydrogen-bond acceptors (Lipinski definition) is 5. The predicted octanol–water partition coefficient (Wildman–Crippen LogP) is 0.710. The van der Waals surface area contributed by atoms with Crippen LogP contribution >= 0.6 is 0 Å². The summed E-state index contributed by atoms with van der Waals surface area (Å²) in [7, 11) is 0. The lowest BCUT2D eigenvalue weighted by Crippen LogP contribution is -2.47. The van der Waals surface area contributed by atoms with Crippen molar-refractivity contribution in [3.05, 3.63) is 86.8 Å². The van der Waals surface area contributed by atoms with Crippen LogP contribution in [0.25, 0.3) is 0 Å². The van der Waals surface area contributed by atoms with Crippen molar-refractivity contribution in [2.75, 3.05) is 17.2 Å². The van der Waals surface area contributed by atoms with Gasteiger partial charge in [0.2, 0.25) is 6.54 Å². The number of nitrogens with one attached hydrogen (secondary N) is 1. The Morgan fingerprint density at radius 3 is 2.48 bits per heavy atom. The van der Waals surface area contributed by atoms with E-state index in [-0.39, 0.29) is 36.9 Å². The van der Waals surface area contributed by atoms with Crippen molar-refractivity contribution < 1.29 is 14.2 Å². The van der Waals surface area contributed by atoms with Crippen LogP contribution in [0.2, 0.25) is 0 Å². The molecule has 0 spiro atoms. The molecule has 0 saturated carbocycles. The molecule has 1 amide bonds. The molecule has 160 valence electrons. The van der Waals surface area contributed by atoms with E-state index in [0.29, 0.717) is 5.56 Å². The first-order valence-electron chi connectivity index (χ1n) is 9.78. The van der Waals surface area contributed by atoms with Crippen LogP contribution in [0, 0.1) is 0 Å². The molecular formula is C22H24N5O4+. The third-order valence-corrected chi connectivity index (χ3v) is 4.87. The molecule has 0 aliphatic rings. The number of carbonyl (C=O) groups excluding carboxylic acids is 2. The van der Waals surface area contributed by atoms with E-state index in [0.717, 1.165) is 5.56 Å². The second-order valence-corrected chi connectivity index (χ2v) is 7.02. The molecule has 0 radical (unpaired) electrons. The van der Waals surface area contributed by atoms with Gasteiger partial charge in [0.15, 0.2) is 23.9 Å². The molecule has 31 heavy (non-hydrogen) atoms. The minimum atomic E-state index is -0.732. The smallest absolute Gasteiger partial charge is 0.330 e. The summed E-state index contributed by atoms with van der Waals surface area (Å²) in [4.78, 5) is 53.1. The highest BCUT2D eigenvalue weighted by Gasteiger charge is 2.25. The van der Waals surface area contributed by atoms with Gasteiger partial charge in [-0.1, -0.05) is 30.3 Å². The SMILES string of the molecule is CCN(C(=O)C[n+]1cccc(C(C)=O)c1)c1c(N)n(Cc2ccccc2)c(=O)[nH]c1=O. The topological polar surface area (TPSA) is 122 Å². The van der Waals surface area contributed by atoms with E-state index in [4.69, 9.17) is 5.73 Å². The number of benzene rings is 1. The summed E-state index contributed by atoms with van der Waals surface area (Å²) in [5.41, 5.74) is 6.03. The Balaban J connectivity index is 1.97. The van der Waals surface area contributed by atoms with Crippen LogP contribution in [0.1, 0.15) is 29.8 Å². The van der Waals surface area contributed by atoms with Crippen molar-refractivity contribution in [3.63, 3.8) is 0 Å². The number of Topliss-reactive ketones (excluding diaryl/α,β-unsaturated/α-hetero) is 1. The standard InChI is InChI=1S/C22H23N5O4/c1-3-26(18(29)14-25-11-7-10-17(13-25)15(2)28)19-20(23)27(22(31)24-21(19)30)12-16-8-5-4-6-9-16/h4-11,13H,3,12,14H2,1-2H3,(H2-,23,24,30,31)/p+1. The number of likely N-dealkylation sites (N-methyl/N-ethyl adjacent to an activating group) is 1. The molecule has 2 heterocycles. The Morgan fingerprint density at radius 2 is 1.84 bits per heavy atom. The van der Waals surface area contributed by atoms with Gasteiger partial charge in [-0.05, 0) is 25.5 Å². The van der Waals surface area contributed by atoms with Gasteiger partial charge in [0.1, 0.15) is 5.82 Å². The van der Waals surface area contributed by atoms with Gasteiger partial charge in [-0.2, -0.15) is 4.57 Å². The first kappa shape index (κ1) is 21.7. The number of nitrogens with zero attached hydrogens (tertiary/aromatic N) is 3. The Bertz CT molecular complexity index is 1230. The van der Waals surface area contributed by atoms with E-state index in [1.165, 1.54) is 16.4 Å². The number of carbonyl (C=O) groups is 2. The number of amides is 1. The zero-order valence-corrected chi connectivity index (χ0v) is 17.4. The quantitative estimate of drug-likeness (QED) is 0.429. The highest BCUT2D eigenvalue weighted by molar-refractivity contribution is 5.95. The Hall–Kier alpha value is -4.01. The molecule has 3 aromatic rings. The van der Waals surface area contributed by atoms with E-state index in [1.54, 1.807) is 36.0 Å². The third-order valence-electron chi connectivity index (χ3n) is 4.87. The first-order chi connectivity index (χ1) is 14.8. The molecule has 0 aliphatic heterocycles. The number of pyridine rings is 1. The summed E-state index contributed by atoms with van der Waals surface area (Å²) in [5, 5.41) is 0. The summed E-state index contributed by atoms with van der Waals surface area (Å²) in [6.07, 6.45) is 3.22. The lowest BCUT2D eigenvalue weighted by Gasteiger charge is -2.22. The van der Waals surface area contributed by atoms with Gasteiger partial charge in [0, 0.05) is 12.6 Å². The minimum Gasteiger partial charge on any atom is -0.383 e. The molecule has 0 saturated heterocycles. The van der Waals surface area contributed by atoms with Crippen molar-refractivity contribution in [2.24, 2.45) is 0 Å². The molecule has 2 aromatic heterocycles. The fourth-order valence-corrected chi connectivity index (χ4v) is 3.29. The van der Waals surface area contributed by atoms with E-state index in [9.17, 15) is 19.2 Å². The molecule has 1 aromatic carbocycles. The molecule has 0 fully saturated rings. The molecule has 3 N–H and O–H groups in total. The minimum absolute atomic E-state index is 0.0775. The summed E-state index contributed by atoms with van der Waals surface area (Å²) in [6, 6.07) is 12.5. The van der Waals surface area contributed by atoms with Crippen molar-refractivity contribution in [3.8, 4) is 0 Å². The van der Waals surface area contributed by atoms with E-state index < -0.39 is 17.2 Å². The highest BCUT2D eigenvalue weighted by atomic mass is 16.2. The van der Waals surface area contributed by atoms with E-state index in [1.807, 2.05) is 30.3 Å². The maximum absolute atomic E-state index is 13.0. The summed E-state index contributed by atoms with van der Waals surface area (Å²) in [5.74, 6) is -0.617. The Morgan fingerprint density at radius 1 is 1.13 bits per heavy atom. The van der Waals surface area contributed by atoms with Crippen molar-refractivity contribution in [1.82, 2.24) is 9.55 Å². The van der Waals surface area contributed by atoms with Crippen LogP contribution in [-0.2, 0) is 17.9 Å². The van der Waals surface area contributed by atoms with Gasteiger partial charge in [-0.25, -0.2) is 4.79 Å². The summed E-state index contributed by atoms with van der Waals surface area (Å²) in [6.45, 7) is 3.36. The van der Waals surface area contributed by atoms with Crippen molar-refractivity contribution in [2.45, 2.75) is 26.9 Å². The van der Waals surface area contributed by atoms with E-state index in [2.05, 4.69) is 4.98 Å². The maximum Gasteiger partial charge on any atom is 0.330 e. The molecule has 0 aliphatic carbocycles. The fraction of sp³-hybridized carbons (Fsp3) is 0.227. The van der Waals surface area contributed by atoms with Gasteiger partial charge >= 0.3 is 5.69 Å². The normalized spacial score (nSPS) is 10.6. The average Bonchev–Trinajstić information content (AvgIpc) is 2.74. The Labute approximate surface area is 178 Å². The second kappa shape index (κ2) is 9.21. The number of anilines is 2. The molecular weight excluding hydrogens is 398 g/mol. The second-order valence-electron chi connectivity index (χ2n) is 7.02. The fourth-order valence-electron chi connectivity index (χ4n) is 3.29. The molecule has 0 bridgehead atoms. The number of nitrogen functional groups attached to an aromatic ring is 1. The van der Waals surface area contributed by atoms with Gasteiger partial charge in [0.25, 0.3) is 11.5 Å². The van der Waals surface area contributed by atoms with Crippen molar-refractivity contribution in [1.29, 1.82) is 0 Å². The average molecular weight is 422 g/mol. The summed E-state index contributed by atoms with van der Waals surface area (Å²) >= 11 is 0. The monoisotopic (exact) mass is 422 g/mol. The number of hydrogen-bond donors (Lipinski definition) is 2.